The molecule has 3 aromatic heterocycles. The van der Waals surface area contributed by atoms with Gasteiger partial charge in [-0.25, -0.2) is 4.98 Å². The van der Waals surface area contributed by atoms with E-state index in [0.29, 0.717) is 16.6 Å². The van der Waals surface area contributed by atoms with Crippen LogP contribution in [0.3, 0.4) is 0 Å². The topological polar surface area (TPSA) is 61.0 Å². The Kier molecular flexibility index (Phi) is 4.37. The summed E-state index contributed by atoms with van der Waals surface area (Å²) in [5, 5.41) is 4.07. The second-order valence-corrected chi connectivity index (χ2v) is 8.60. The molecule has 0 aliphatic carbocycles. The SMILES string of the molecule is CN1CCC(c2c[nH]c3ccc(NC(=O)c4cc5ccccc5s4)nc23)CC1. The highest BCUT2D eigenvalue weighted by Crippen LogP contribution is 2.33. The third-order valence-electron chi connectivity index (χ3n) is 5.60. The third-order valence-corrected chi connectivity index (χ3v) is 6.72. The average Bonchev–Trinajstić information content (AvgIpc) is 3.32. The minimum atomic E-state index is -0.107. The Labute approximate surface area is 167 Å². The minimum absolute atomic E-state index is 0.107. The van der Waals surface area contributed by atoms with Crippen LogP contribution in [0.2, 0.25) is 0 Å². The maximum absolute atomic E-state index is 12.7. The Hall–Kier alpha value is -2.70. The van der Waals surface area contributed by atoms with Crippen LogP contribution >= 0.6 is 11.3 Å². The number of carbonyl (C=O) groups is 1. The number of thiophene rings is 1. The van der Waals surface area contributed by atoms with Crippen molar-refractivity contribution in [1.82, 2.24) is 14.9 Å². The minimum Gasteiger partial charge on any atom is -0.360 e. The number of hydrogen-bond acceptors (Lipinski definition) is 4. The summed E-state index contributed by atoms with van der Waals surface area (Å²) >= 11 is 1.51. The molecule has 0 radical (unpaired) electrons. The lowest BCUT2D eigenvalue weighted by Gasteiger charge is -2.28. The number of aromatic amines is 1. The largest absolute Gasteiger partial charge is 0.360 e. The fourth-order valence-corrected chi connectivity index (χ4v) is 4.95. The fourth-order valence-electron chi connectivity index (χ4n) is 3.99. The second kappa shape index (κ2) is 7.04. The van der Waals surface area contributed by atoms with E-state index in [1.54, 1.807) is 0 Å². The Morgan fingerprint density at radius 3 is 2.86 bits per heavy atom. The van der Waals surface area contributed by atoms with E-state index in [1.165, 1.54) is 16.9 Å². The molecular formula is C22H22N4OS. The van der Waals surface area contributed by atoms with Crippen LogP contribution < -0.4 is 5.32 Å². The van der Waals surface area contributed by atoms with E-state index in [1.807, 2.05) is 42.5 Å². The summed E-state index contributed by atoms with van der Waals surface area (Å²) in [4.78, 5) is 23.9. The predicted octanol–water partition coefficient (Wildman–Crippen LogP) is 4.84. The molecule has 5 nitrogen and oxygen atoms in total. The van der Waals surface area contributed by atoms with Crippen molar-refractivity contribution < 1.29 is 4.79 Å². The van der Waals surface area contributed by atoms with Gasteiger partial charge in [0.2, 0.25) is 0 Å². The number of carbonyl (C=O) groups excluding carboxylic acids is 1. The van der Waals surface area contributed by atoms with Crippen LogP contribution in [0.5, 0.6) is 0 Å². The molecule has 0 spiro atoms. The molecule has 1 saturated heterocycles. The maximum atomic E-state index is 12.7. The molecule has 6 heteroatoms. The van der Waals surface area contributed by atoms with Crippen molar-refractivity contribution in [3.63, 3.8) is 0 Å². The number of H-pyrrole nitrogens is 1. The number of likely N-dealkylation sites (tertiary alicyclic amines) is 1. The Bertz CT molecular complexity index is 1120. The van der Waals surface area contributed by atoms with Gasteiger partial charge in [-0.3, -0.25) is 4.79 Å². The van der Waals surface area contributed by atoms with Crippen molar-refractivity contribution in [2.45, 2.75) is 18.8 Å². The summed E-state index contributed by atoms with van der Waals surface area (Å²) in [6.07, 6.45) is 4.37. The molecule has 5 rings (SSSR count). The highest BCUT2D eigenvalue weighted by atomic mass is 32.1. The Balaban J connectivity index is 1.41. The zero-order valence-electron chi connectivity index (χ0n) is 15.7. The van der Waals surface area contributed by atoms with Crippen molar-refractivity contribution >= 4 is 44.2 Å². The van der Waals surface area contributed by atoms with Gasteiger partial charge in [-0.05, 0) is 74.1 Å². The van der Waals surface area contributed by atoms with E-state index in [2.05, 4.69) is 28.4 Å². The van der Waals surface area contributed by atoms with Crippen LogP contribution in [0, 0.1) is 0 Å². The number of anilines is 1. The fraction of sp³-hybridized carbons (Fsp3) is 0.273. The summed E-state index contributed by atoms with van der Waals surface area (Å²) in [5.41, 5.74) is 3.26. The zero-order valence-corrected chi connectivity index (χ0v) is 16.6. The zero-order chi connectivity index (χ0) is 19.1. The van der Waals surface area contributed by atoms with Gasteiger partial charge in [-0.2, -0.15) is 0 Å². The summed E-state index contributed by atoms with van der Waals surface area (Å²) in [6, 6.07) is 13.8. The number of pyridine rings is 1. The van der Waals surface area contributed by atoms with Gasteiger partial charge in [-0.15, -0.1) is 11.3 Å². The lowest BCUT2D eigenvalue weighted by molar-refractivity contribution is 0.103. The lowest BCUT2D eigenvalue weighted by Crippen LogP contribution is -2.29. The van der Waals surface area contributed by atoms with Crippen LogP contribution in [0.15, 0.2) is 48.7 Å². The number of rotatable bonds is 3. The summed E-state index contributed by atoms with van der Waals surface area (Å²) in [6.45, 7) is 2.22. The monoisotopic (exact) mass is 390 g/mol. The first-order valence-corrected chi connectivity index (χ1v) is 10.5. The van der Waals surface area contributed by atoms with Crippen molar-refractivity contribution in [2.75, 3.05) is 25.5 Å². The molecule has 0 atom stereocenters. The molecular weight excluding hydrogens is 368 g/mol. The second-order valence-electron chi connectivity index (χ2n) is 7.52. The number of piperidine rings is 1. The van der Waals surface area contributed by atoms with Gasteiger partial charge in [0.15, 0.2) is 0 Å². The highest BCUT2D eigenvalue weighted by molar-refractivity contribution is 7.20. The van der Waals surface area contributed by atoms with Crippen molar-refractivity contribution in [2.24, 2.45) is 0 Å². The van der Waals surface area contributed by atoms with Gasteiger partial charge < -0.3 is 15.2 Å². The van der Waals surface area contributed by atoms with Crippen LogP contribution in [0.25, 0.3) is 21.1 Å². The molecule has 0 saturated carbocycles. The van der Waals surface area contributed by atoms with Gasteiger partial charge in [0.25, 0.3) is 5.91 Å². The predicted molar refractivity (Wildman–Crippen MR) is 115 cm³/mol. The van der Waals surface area contributed by atoms with E-state index < -0.39 is 0 Å². The van der Waals surface area contributed by atoms with Gasteiger partial charge in [-0.1, -0.05) is 18.2 Å². The summed E-state index contributed by atoms with van der Waals surface area (Å²) < 4.78 is 1.12. The van der Waals surface area contributed by atoms with E-state index in [0.717, 1.165) is 47.1 Å². The molecule has 142 valence electrons. The lowest BCUT2D eigenvalue weighted by atomic mass is 9.91. The smallest absolute Gasteiger partial charge is 0.266 e. The molecule has 4 heterocycles. The molecule has 4 aromatic rings. The first-order chi connectivity index (χ1) is 13.7. The highest BCUT2D eigenvalue weighted by Gasteiger charge is 2.22. The van der Waals surface area contributed by atoms with E-state index in [9.17, 15) is 4.79 Å². The molecule has 2 N–H and O–H groups in total. The molecule has 1 amide bonds. The van der Waals surface area contributed by atoms with Crippen LogP contribution in [-0.2, 0) is 0 Å². The number of amides is 1. The molecule has 28 heavy (non-hydrogen) atoms. The molecule has 1 fully saturated rings. The maximum Gasteiger partial charge on any atom is 0.266 e. The molecule has 1 aliphatic heterocycles. The van der Waals surface area contributed by atoms with Gasteiger partial charge in [0, 0.05) is 10.9 Å². The first kappa shape index (κ1) is 17.4. The van der Waals surface area contributed by atoms with E-state index >= 15 is 0 Å². The summed E-state index contributed by atoms with van der Waals surface area (Å²) in [5.74, 6) is 1.01. The van der Waals surface area contributed by atoms with Crippen LogP contribution in [0.4, 0.5) is 5.82 Å². The Morgan fingerprint density at radius 1 is 1.21 bits per heavy atom. The summed E-state index contributed by atoms with van der Waals surface area (Å²) in [7, 11) is 2.17. The number of nitrogens with zero attached hydrogens (tertiary/aromatic N) is 2. The van der Waals surface area contributed by atoms with E-state index in [4.69, 9.17) is 4.98 Å². The van der Waals surface area contributed by atoms with Crippen molar-refractivity contribution in [3.05, 3.63) is 59.1 Å². The van der Waals surface area contributed by atoms with Gasteiger partial charge in [0.05, 0.1) is 15.9 Å². The van der Waals surface area contributed by atoms with Crippen molar-refractivity contribution in [1.29, 1.82) is 0 Å². The number of nitrogens with one attached hydrogen (secondary N) is 2. The number of hydrogen-bond donors (Lipinski definition) is 2. The molecule has 1 aliphatic rings. The average molecular weight is 391 g/mol. The normalized spacial score (nSPS) is 16.0. The number of benzene rings is 1. The third kappa shape index (κ3) is 3.19. The number of aromatic nitrogens is 2. The number of fused-ring (bicyclic) bond motifs is 2. The standard InChI is InChI=1S/C22H22N4OS/c1-26-10-8-14(9-11-26)16-13-23-17-6-7-20(24-21(16)17)25-22(27)19-12-15-4-2-3-5-18(15)28-19/h2-7,12-14,23H,8-11H2,1H3,(H,24,25,27). The molecule has 0 bridgehead atoms. The van der Waals surface area contributed by atoms with Crippen LogP contribution in [0.1, 0.15) is 34.0 Å². The first-order valence-electron chi connectivity index (χ1n) is 9.64. The molecule has 1 aromatic carbocycles. The van der Waals surface area contributed by atoms with Crippen LogP contribution in [-0.4, -0.2) is 40.9 Å². The van der Waals surface area contributed by atoms with Gasteiger partial charge >= 0.3 is 0 Å². The quantitative estimate of drug-likeness (QED) is 0.526. The van der Waals surface area contributed by atoms with Crippen molar-refractivity contribution in [3.8, 4) is 0 Å². The Morgan fingerprint density at radius 2 is 2.04 bits per heavy atom. The molecule has 0 unspecified atom stereocenters. The van der Waals surface area contributed by atoms with E-state index in [-0.39, 0.29) is 5.91 Å². The van der Waals surface area contributed by atoms with Gasteiger partial charge in [0.1, 0.15) is 5.82 Å².